The Morgan fingerprint density at radius 3 is 0.564 bits per heavy atom. The van der Waals surface area contributed by atoms with Gasteiger partial charge in [0.05, 0.1) is 94.5 Å². The summed E-state index contributed by atoms with van der Waals surface area (Å²) >= 11 is 0. The molecular formula is C34H48O21. The summed E-state index contributed by atoms with van der Waals surface area (Å²) in [7, 11) is 4.79. The molecule has 0 bridgehead atoms. The standard InChI is InChI=1S/C18H26O11.C16H22O10/c1-23-15(19)3-5-17(21)28-13-11-26-9-7-25-8-10-27-12-14-29-18(22)6-4-16(20)24-2;1-21-13(17)3-5-15(19)25-11-9-23-7-8-24-10-12-26-16(20)6-4-14(18)22-2/h3-6H,7-14H2,1-2H3;3-6H,7-12H2,1-2H3/b2*5-3+,6-4+. The maximum absolute atomic E-state index is 11.2. The van der Waals surface area contributed by atoms with Crippen molar-refractivity contribution in [2.45, 2.75) is 0 Å². The summed E-state index contributed by atoms with van der Waals surface area (Å²) in [5.74, 6) is -5.30. The van der Waals surface area contributed by atoms with Crippen LogP contribution in [0, 0.1) is 0 Å². The number of ether oxygens (including phenoxy) is 13. The molecule has 0 rings (SSSR count). The van der Waals surface area contributed by atoms with Crippen LogP contribution in [0.5, 0.6) is 0 Å². The Balaban J connectivity index is 0. The van der Waals surface area contributed by atoms with Crippen LogP contribution in [0.2, 0.25) is 0 Å². The molecule has 0 radical (unpaired) electrons. The van der Waals surface area contributed by atoms with Crippen LogP contribution in [0.1, 0.15) is 0 Å². The number of rotatable bonds is 29. The molecule has 0 aliphatic carbocycles. The first-order chi connectivity index (χ1) is 26.5. The highest BCUT2D eigenvalue weighted by Crippen LogP contribution is 1.90. The molecule has 0 aromatic heterocycles. The van der Waals surface area contributed by atoms with E-state index in [-0.39, 0.29) is 66.1 Å². The van der Waals surface area contributed by atoms with Gasteiger partial charge in [-0.05, 0) is 0 Å². The molecule has 0 aromatic rings. The third kappa shape index (κ3) is 39.6. The second-order valence-corrected chi connectivity index (χ2v) is 9.16. The van der Waals surface area contributed by atoms with Crippen LogP contribution in [0.25, 0.3) is 0 Å². The molecule has 21 heteroatoms. The molecular weight excluding hydrogens is 744 g/mol. The van der Waals surface area contributed by atoms with Crippen molar-refractivity contribution < 1.29 is 99.9 Å². The lowest BCUT2D eigenvalue weighted by Gasteiger charge is -2.07. The molecule has 0 atom stereocenters. The average molecular weight is 793 g/mol. The molecule has 0 unspecified atom stereocenters. The monoisotopic (exact) mass is 792 g/mol. The maximum Gasteiger partial charge on any atom is 0.331 e. The van der Waals surface area contributed by atoms with Crippen molar-refractivity contribution in [1.29, 1.82) is 0 Å². The van der Waals surface area contributed by atoms with Crippen LogP contribution in [-0.4, -0.2) is 169 Å². The number of hydrogen-bond donors (Lipinski definition) is 0. The van der Waals surface area contributed by atoms with Crippen LogP contribution in [-0.2, 0) is 99.9 Å². The van der Waals surface area contributed by atoms with Crippen LogP contribution in [0.15, 0.2) is 48.6 Å². The van der Waals surface area contributed by atoms with E-state index in [2.05, 4.69) is 18.9 Å². The van der Waals surface area contributed by atoms with E-state index in [9.17, 15) is 38.4 Å². The largest absolute Gasteiger partial charge is 0.466 e. The lowest BCUT2D eigenvalue weighted by molar-refractivity contribution is -0.141. The Bertz CT molecular complexity index is 1160. The Hall–Kier alpha value is -5.48. The van der Waals surface area contributed by atoms with Crippen LogP contribution in [0.4, 0.5) is 0 Å². The lowest BCUT2D eigenvalue weighted by Crippen LogP contribution is -2.14. The highest BCUT2D eigenvalue weighted by atomic mass is 16.6. The Labute approximate surface area is 317 Å². The molecule has 0 amide bonds. The third-order valence-corrected chi connectivity index (χ3v) is 5.23. The number of carbonyl (C=O) groups is 8. The quantitative estimate of drug-likeness (QED) is 0.0387. The van der Waals surface area contributed by atoms with E-state index >= 15 is 0 Å². The minimum Gasteiger partial charge on any atom is -0.466 e. The van der Waals surface area contributed by atoms with Crippen molar-refractivity contribution in [3.63, 3.8) is 0 Å². The summed E-state index contributed by atoms with van der Waals surface area (Å²) in [5, 5.41) is 0. The smallest absolute Gasteiger partial charge is 0.331 e. The molecule has 55 heavy (non-hydrogen) atoms. The molecule has 0 heterocycles. The van der Waals surface area contributed by atoms with Crippen molar-refractivity contribution in [3.05, 3.63) is 48.6 Å². The highest BCUT2D eigenvalue weighted by molar-refractivity contribution is 5.93. The van der Waals surface area contributed by atoms with Gasteiger partial charge in [0.1, 0.15) is 26.4 Å². The normalized spacial score (nSPS) is 10.8. The second-order valence-electron chi connectivity index (χ2n) is 9.16. The van der Waals surface area contributed by atoms with Gasteiger partial charge in [-0.3, -0.25) is 0 Å². The summed E-state index contributed by atoms with van der Waals surface area (Å²) in [6, 6.07) is 0. The fourth-order valence-corrected chi connectivity index (χ4v) is 2.68. The van der Waals surface area contributed by atoms with E-state index in [1.54, 1.807) is 0 Å². The van der Waals surface area contributed by atoms with Gasteiger partial charge in [0.15, 0.2) is 0 Å². The molecule has 0 spiro atoms. The zero-order chi connectivity index (χ0) is 41.4. The van der Waals surface area contributed by atoms with E-state index in [4.69, 9.17) is 42.6 Å². The summed E-state index contributed by atoms with van der Waals surface area (Å²) in [6.07, 6.45) is 7.68. The summed E-state index contributed by atoms with van der Waals surface area (Å²) in [6.45, 7) is 2.60. The molecule has 0 aromatic carbocycles. The molecule has 0 aliphatic rings. The molecule has 0 aliphatic heterocycles. The first-order valence-corrected chi connectivity index (χ1v) is 16.1. The summed E-state index contributed by atoms with van der Waals surface area (Å²) < 4.78 is 62.3. The molecule has 0 N–H and O–H groups in total. The van der Waals surface area contributed by atoms with Gasteiger partial charge in [0.2, 0.25) is 0 Å². The number of carbonyl (C=O) groups excluding carboxylic acids is 8. The Morgan fingerprint density at radius 2 is 0.400 bits per heavy atom. The zero-order valence-electron chi connectivity index (χ0n) is 31.1. The molecule has 0 saturated carbocycles. The fraction of sp³-hybridized carbons (Fsp3) is 0.529. The Kier molecular flexibility index (Phi) is 35.9. The highest BCUT2D eigenvalue weighted by Gasteiger charge is 2.03. The summed E-state index contributed by atoms with van der Waals surface area (Å²) in [4.78, 5) is 87.7. The van der Waals surface area contributed by atoms with Gasteiger partial charge in [0, 0.05) is 48.6 Å². The van der Waals surface area contributed by atoms with E-state index in [0.717, 1.165) is 48.6 Å². The van der Waals surface area contributed by atoms with E-state index in [1.807, 2.05) is 0 Å². The van der Waals surface area contributed by atoms with Crippen LogP contribution < -0.4 is 0 Å². The van der Waals surface area contributed by atoms with Gasteiger partial charge in [-0.25, -0.2) is 38.4 Å². The van der Waals surface area contributed by atoms with Crippen LogP contribution >= 0.6 is 0 Å². The van der Waals surface area contributed by atoms with Crippen molar-refractivity contribution >= 4 is 47.8 Å². The first-order valence-electron chi connectivity index (χ1n) is 16.1. The molecule has 310 valence electrons. The lowest BCUT2D eigenvalue weighted by atomic mass is 10.5. The zero-order valence-corrected chi connectivity index (χ0v) is 31.1. The predicted molar refractivity (Wildman–Crippen MR) is 183 cm³/mol. The Morgan fingerprint density at radius 1 is 0.255 bits per heavy atom. The number of hydrogen-bond acceptors (Lipinski definition) is 21. The number of methoxy groups -OCH3 is 4. The van der Waals surface area contributed by atoms with Gasteiger partial charge < -0.3 is 61.6 Å². The van der Waals surface area contributed by atoms with Crippen molar-refractivity contribution in [2.24, 2.45) is 0 Å². The van der Waals surface area contributed by atoms with Crippen molar-refractivity contribution in [1.82, 2.24) is 0 Å². The minimum absolute atomic E-state index is 0.0223. The van der Waals surface area contributed by atoms with E-state index < -0.39 is 47.8 Å². The minimum atomic E-state index is -0.682. The SMILES string of the molecule is COC(=O)/C=C/C(=O)OCCOCCOCCOC(=O)/C=C/C(=O)OC.COC(=O)/C=C/C(=O)OCCOCCOCCOCCOC(=O)/C=C/C(=O)OC. The van der Waals surface area contributed by atoms with Gasteiger partial charge in [-0.2, -0.15) is 0 Å². The van der Waals surface area contributed by atoms with Crippen LogP contribution in [0.3, 0.4) is 0 Å². The van der Waals surface area contributed by atoms with Crippen molar-refractivity contribution in [2.75, 3.05) is 121 Å². The molecule has 0 fully saturated rings. The van der Waals surface area contributed by atoms with Crippen molar-refractivity contribution in [3.8, 4) is 0 Å². The predicted octanol–water partition coefficient (Wildman–Crippen LogP) is -0.855. The van der Waals surface area contributed by atoms with Gasteiger partial charge >= 0.3 is 47.8 Å². The second kappa shape index (κ2) is 38.3. The third-order valence-electron chi connectivity index (χ3n) is 5.23. The topological polar surface area (TPSA) is 257 Å². The summed E-state index contributed by atoms with van der Waals surface area (Å²) in [5.41, 5.74) is 0. The van der Waals surface area contributed by atoms with Gasteiger partial charge in [-0.1, -0.05) is 0 Å². The molecule has 0 saturated heterocycles. The fourth-order valence-electron chi connectivity index (χ4n) is 2.68. The average Bonchev–Trinajstić information content (AvgIpc) is 3.19. The maximum atomic E-state index is 11.2. The molecule has 21 nitrogen and oxygen atoms in total. The number of esters is 8. The van der Waals surface area contributed by atoms with Gasteiger partial charge in [-0.15, -0.1) is 0 Å². The first kappa shape index (κ1) is 51.6. The van der Waals surface area contributed by atoms with E-state index in [0.29, 0.717) is 26.4 Å². The van der Waals surface area contributed by atoms with E-state index in [1.165, 1.54) is 28.4 Å². The van der Waals surface area contributed by atoms with Gasteiger partial charge in [0.25, 0.3) is 0 Å².